The van der Waals surface area contributed by atoms with Crippen molar-refractivity contribution in [1.29, 1.82) is 0 Å². The second-order valence-electron chi connectivity index (χ2n) is 6.16. The number of aromatic nitrogens is 2. The molecule has 0 bridgehead atoms. The Morgan fingerprint density at radius 2 is 2.24 bits per heavy atom. The van der Waals surface area contributed by atoms with Crippen LogP contribution in [0, 0.1) is 6.92 Å². The Balaban J connectivity index is 2.09. The first kappa shape index (κ1) is 14.5. The summed E-state index contributed by atoms with van der Waals surface area (Å²) in [5, 5.41) is 1.08. The molecule has 1 fully saturated rings. The van der Waals surface area contributed by atoms with Gasteiger partial charge in [0.25, 0.3) is 0 Å². The number of morpholine rings is 1. The number of aryl methyl sites for hydroxylation is 1. The normalized spacial score (nSPS) is 21.8. The number of ether oxygens (including phenoxy) is 1. The number of thiophene rings is 1. The van der Waals surface area contributed by atoms with Gasteiger partial charge in [0.15, 0.2) is 0 Å². The summed E-state index contributed by atoms with van der Waals surface area (Å²) >= 11 is 1.66. The van der Waals surface area contributed by atoms with Crippen LogP contribution in [0.1, 0.15) is 25.6 Å². The zero-order valence-corrected chi connectivity index (χ0v) is 13.6. The van der Waals surface area contributed by atoms with Crippen molar-refractivity contribution in [3.8, 4) is 0 Å². The van der Waals surface area contributed by atoms with E-state index in [1.54, 1.807) is 11.3 Å². The van der Waals surface area contributed by atoms with E-state index in [1.165, 1.54) is 4.88 Å². The van der Waals surface area contributed by atoms with Crippen molar-refractivity contribution in [2.75, 3.05) is 23.4 Å². The van der Waals surface area contributed by atoms with Crippen molar-refractivity contribution in [1.82, 2.24) is 9.97 Å². The summed E-state index contributed by atoms with van der Waals surface area (Å²) in [6.07, 6.45) is 0.160. The van der Waals surface area contributed by atoms with Gasteiger partial charge in [-0.2, -0.15) is 4.98 Å². The van der Waals surface area contributed by atoms with Crippen molar-refractivity contribution in [3.63, 3.8) is 0 Å². The van der Waals surface area contributed by atoms with Crippen LogP contribution in [0.25, 0.3) is 10.2 Å². The van der Waals surface area contributed by atoms with Gasteiger partial charge in [-0.1, -0.05) is 0 Å². The molecule has 1 unspecified atom stereocenters. The van der Waals surface area contributed by atoms with E-state index in [1.807, 2.05) is 0 Å². The van der Waals surface area contributed by atoms with Crippen molar-refractivity contribution in [3.05, 3.63) is 10.9 Å². The highest BCUT2D eigenvalue weighted by Gasteiger charge is 2.33. The van der Waals surface area contributed by atoms with Crippen LogP contribution in [-0.4, -0.2) is 34.8 Å². The van der Waals surface area contributed by atoms with Crippen LogP contribution in [0.5, 0.6) is 0 Å². The maximum absolute atomic E-state index is 5.98. The molecule has 0 spiro atoms. The number of anilines is 2. The molecule has 1 atom stereocenters. The Labute approximate surface area is 128 Å². The van der Waals surface area contributed by atoms with Gasteiger partial charge in [0.1, 0.15) is 10.6 Å². The zero-order valence-electron chi connectivity index (χ0n) is 12.8. The number of fused-ring (bicyclic) bond motifs is 1. The third-order valence-electron chi connectivity index (χ3n) is 3.49. The van der Waals surface area contributed by atoms with E-state index in [0.717, 1.165) is 29.1 Å². The molecule has 3 heterocycles. The van der Waals surface area contributed by atoms with Gasteiger partial charge in [-0.05, 0) is 33.8 Å². The minimum atomic E-state index is -0.198. The first-order valence-corrected chi connectivity index (χ1v) is 7.87. The van der Waals surface area contributed by atoms with Gasteiger partial charge in [0, 0.05) is 18.0 Å². The minimum absolute atomic E-state index is 0.160. The van der Waals surface area contributed by atoms with Crippen LogP contribution in [0.4, 0.5) is 11.8 Å². The topological polar surface area (TPSA) is 76.3 Å². The Bertz CT molecular complexity index is 669. The SMILES string of the molecule is Cc1cc2c(N3CC(C)OC(C)(C)C3)nc(NN)nc2s1. The van der Waals surface area contributed by atoms with Crippen LogP contribution in [0.3, 0.4) is 0 Å². The molecule has 7 heteroatoms. The van der Waals surface area contributed by atoms with E-state index < -0.39 is 0 Å². The number of hydrogen-bond donors (Lipinski definition) is 2. The van der Waals surface area contributed by atoms with Gasteiger partial charge >= 0.3 is 0 Å². The predicted octanol–water partition coefficient (Wildman–Crippen LogP) is 2.29. The molecule has 3 rings (SSSR count). The van der Waals surface area contributed by atoms with Gasteiger partial charge in [0.2, 0.25) is 5.95 Å². The van der Waals surface area contributed by atoms with Gasteiger partial charge in [-0.15, -0.1) is 11.3 Å². The number of nitrogens with zero attached hydrogens (tertiary/aromatic N) is 3. The van der Waals surface area contributed by atoms with Gasteiger partial charge < -0.3 is 9.64 Å². The average Bonchev–Trinajstić information content (AvgIpc) is 2.74. The molecule has 1 aliphatic rings. The van der Waals surface area contributed by atoms with Gasteiger partial charge in [0.05, 0.1) is 17.1 Å². The first-order valence-electron chi connectivity index (χ1n) is 7.05. The third kappa shape index (κ3) is 2.81. The maximum atomic E-state index is 5.98. The van der Waals surface area contributed by atoms with Crippen LogP contribution < -0.4 is 16.2 Å². The fourth-order valence-electron chi connectivity index (χ4n) is 2.95. The Hall–Kier alpha value is -1.44. The van der Waals surface area contributed by atoms with E-state index in [2.05, 4.69) is 54.1 Å². The maximum Gasteiger partial charge on any atom is 0.240 e. The molecule has 0 saturated carbocycles. The molecular weight excluding hydrogens is 286 g/mol. The molecule has 3 N–H and O–H groups in total. The van der Waals surface area contributed by atoms with Crippen LogP contribution in [-0.2, 0) is 4.74 Å². The molecular formula is C14H21N5OS. The number of nitrogens with one attached hydrogen (secondary N) is 1. The van der Waals surface area contributed by atoms with Crippen molar-refractivity contribution in [2.45, 2.75) is 39.4 Å². The minimum Gasteiger partial charge on any atom is -0.369 e. The molecule has 2 aromatic rings. The zero-order chi connectivity index (χ0) is 15.2. The molecule has 1 aliphatic heterocycles. The Morgan fingerprint density at radius 1 is 1.48 bits per heavy atom. The highest BCUT2D eigenvalue weighted by Crippen LogP contribution is 2.34. The summed E-state index contributed by atoms with van der Waals surface area (Å²) < 4.78 is 5.98. The lowest BCUT2D eigenvalue weighted by Gasteiger charge is -2.42. The summed E-state index contributed by atoms with van der Waals surface area (Å²) in [6.45, 7) is 9.99. The number of hydrazine groups is 1. The fourth-order valence-corrected chi connectivity index (χ4v) is 3.82. The van der Waals surface area contributed by atoms with Gasteiger partial charge in [-0.3, -0.25) is 5.43 Å². The van der Waals surface area contributed by atoms with Crippen LogP contribution in [0.2, 0.25) is 0 Å². The third-order valence-corrected chi connectivity index (χ3v) is 4.44. The quantitative estimate of drug-likeness (QED) is 0.655. The van der Waals surface area contributed by atoms with Crippen molar-refractivity contribution >= 4 is 33.3 Å². The lowest BCUT2D eigenvalue weighted by molar-refractivity contribution is -0.0750. The van der Waals surface area contributed by atoms with E-state index in [0.29, 0.717) is 5.95 Å². The summed E-state index contributed by atoms with van der Waals surface area (Å²) in [5.74, 6) is 6.90. The lowest BCUT2D eigenvalue weighted by atomic mass is 10.1. The largest absolute Gasteiger partial charge is 0.369 e. The molecule has 21 heavy (non-hydrogen) atoms. The molecule has 0 amide bonds. The first-order chi connectivity index (χ1) is 9.88. The van der Waals surface area contributed by atoms with Crippen molar-refractivity contribution < 1.29 is 4.74 Å². The second kappa shape index (κ2) is 5.08. The highest BCUT2D eigenvalue weighted by atomic mass is 32.1. The van der Waals surface area contributed by atoms with Crippen LogP contribution in [0.15, 0.2) is 6.07 Å². The summed E-state index contributed by atoms with van der Waals surface area (Å²) in [5.41, 5.74) is 2.37. The summed E-state index contributed by atoms with van der Waals surface area (Å²) in [6, 6.07) is 2.14. The Morgan fingerprint density at radius 3 is 2.90 bits per heavy atom. The second-order valence-corrected chi connectivity index (χ2v) is 7.39. The molecule has 2 aromatic heterocycles. The molecule has 6 nitrogen and oxygen atoms in total. The van der Waals surface area contributed by atoms with Gasteiger partial charge in [-0.25, -0.2) is 10.8 Å². The number of hydrogen-bond acceptors (Lipinski definition) is 7. The number of nitrogen functional groups attached to an aromatic ring is 1. The van der Waals surface area contributed by atoms with E-state index in [4.69, 9.17) is 10.6 Å². The molecule has 114 valence electrons. The standard InChI is InChI=1S/C14H21N5OS/c1-8-6-19(7-14(3,4)20-8)11-10-5-9(2)21-12(10)17-13(16-11)18-15/h5,8H,6-7,15H2,1-4H3,(H,16,17,18). The van der Waals surface area contributed by atoms with E-state index in [9.17, 15) is 0 Å². The molecule has 0 radical (unpaired) electrons. The molecule has 0 aliphatic carbocycles. The fraction of sp³-hybridized carbons (Fsp3) is 0.571. The van der Waals surface area contributed by atoms with E-state index in [-0.39, 0.29) is 11.7 Å². The van der Waals surface area contributed by atoms with E-state index >= 15 is 0 Å². The number of rotatable bonds is 2. The number of nitrogens with two attached hydrogens (primary N) is 1. The molecule has 0 aromatic carbocycles. The summed E-state index contributed by atoms with van der Waals surface area (Å²) in [4.78, 5) is 13.5. The monoisotopic (exact) mass is 307 g/mol. The predicted molar refractivity (Wildman–Crippen MR) is 86.8 cm³/mol. The average molecular weight is 307 g/mol. The highest BCUT2D eigenvalue weighted by molar-refractivity contribution is 7.18. The van der Waals surface area contributed by atoms with Crippen molar-refractivity contribution in [2.24, 2.45) is 5.84 Å². The van der Waals surface area contributed by atoms with Crippen LogP contribution >= 0.6 is 11.3 Å². The Kier molecular flexibility index (Phi) is 3.51. The summed E-state index contributed by atoms with van der Waals surface area (Å²) in [7, 11) is 0. The molecule has 1 saturated heterocycles. The lowest BCUT2D eigenvalue weighted by Crippen LogP contribution is -2.52. The smallest absolute Gasteiger partial charge is 0.240 e.